The zero-order valence-electron chi connectivity index (χ0n) is 9.61. The lowest BCUT2D eigenvalue weighted by atomic mass is 10.2. The smallest absolute Gasteiger partial charge is 0.343 e. The van der Waals surface area contributed by atoms with Crippen molar-refractivity contribution in [3.8, 4) is 5.75 Å². The Hall–Kier alpha value is -2.25. The van der Waals surface area contributed by atoms with Crippen LogP contribution in [0.2, 0.25) is 0 Å². The zero-order chi connectivity index (χ0) is 13.5. The first-order valence-corrected chi connectivity index (χ1v) is 5.01. The summed E-state index contributed by atoms with van der Waals surface area (Å²) in [5, 5.41) is 5.94. The van der Waals surface area contributed by atoms with E-state index in [0.717, 1.165) is 12.1 Å². The molecule has 0 spiro atoms. The summed E-state index contributed by atoms with van der Waals surface area (Å²) >= 11 is 0. The molecule has 0 unspecified atom stereocenters. The Labute approximate surface area is 102 Å². The van der Waals surface area contributed by atoms with Gasteiger partial charge in [-0.25, -0.2) is 13.6 Å². The maximum absolute atomic E-state index is 13.1. The number of hydrogen-bond acceptors (Lipinski definition) is 4. The summed E-state index contributed by atoms with van der Waals surface area (Å²) in [6.07, 6.45) is 0. The first-order valence-electron chi connectivity index (χ1n) is 5.01. The van der Waals surface area contributed by atoms with E-state index in [1.807, 2.05) is 0 Å². The summed E-state index contributed by atoms with van der Waals surface area (Å²) < 4.78 is 30.1. The summed E-state index contributed by atoms with van der Waals surface area (Å²) in [6.45, 7) is -1.04. The molecule has 0 aliphatic heterocycles. The van der Waals surface area contributed by atoms with Crippen LogP contribution in [0.3, 0.4) is 0 Å². The number of nitrogens with one attached hydrogen (secondary N) is 2. The molecule has 0 aliphatic rings. The molecule has 1 aromatic carbocycles. The minimum absolute atomic E-state index is 0.0548. The van der Waals surface area contributed by atoms with E-state index in [2.05, 4.69) is 10.5 Å². The maximum atomic E-state index is 13.1. The number of benzene rings is 1. The molecule has 1 rings (SSSR count). The lowest BCUT2D eigenvalue weighted by Gasteiger charge is -2.18. The quantitative estimate of drug-likeness (QED) is 0.627. The van der Waals surface area contributed by atoms with Gasteiger partial charge in [0.15, 0.2) is 0 Å². The second-order valence-corrected chi connectivity index (χ2v) is 3.12. The topological polar surface area (TPSA) is 77.8 Å². The fourth-order valence-corrected chi connectivity index (χ4v) is 1.24. The van der Waals surface area contributed by atoms with Crippen LogP contribution in [-0.2, 0) is 0 Å². The predicted molar refractivity (Wildman–Crippen MR) is 60.0 cm³/mol. The molecule has 0 aromatic heterocycles. The van der Waals surface area contributed by atoms with Crippen LogP contribution in [0, 0.1) is 11.3 Å². The number of ether oxygens (including phenoxy) is 1. The third-order valence-corrected chi connectivity index (χ3v) is 1.99. The van der Waals surface area contributed by atoms with Gasteiger partial charge in [-0.2, -0.15) is 10.5 Å². The Morgan fingerprint density at radius 1 is 1.61 bits per heavy atom. The average Bonchev–Trinajstić information content (AvgIpc) is 2.38. The fraction of sp³-hybridized carbons (Fsp3) is 0.300. The van der Waals surface area contributed by atoms with Gasteiger partial charge >= 0.3 is 6.03 Å². The van der Waals surface area contributed by atoms with Crippen LogP contribution in [0.5, 0.6) is 5.75 Å². The highest BCUT2D eigenvalue weighted by Gasteiger charge is 2.19. The van der Waals surface area contributed by atoms with E-state index in [9.17, 15) is 13.6 Å². The van der Waals surface area contributed by atoms with E-state index < -0.39 is 18.5 Å². The van der Waals surface area contributed by atoms with Gasteiger partial charge in [0.05, 0.1) is 0 Å². The monoisotopic (exact) mass is 258 g/mol. The van der Waals surface area contributed by atoms with Gasteiger partial charge in [-0.05, 0) is 12.1 Å². The van der Waals surface area contributed by atoms with Gasteiger partial charge < -0.3 is 10.1 Å². The highest BCUT2D eigenvalue weighted by Crippen LogP contribution is 2.29. The lowest BCUT2D eigenvalue weighted by molar-refractivity contribution is 0.246. The standard InChI is InChI=1S/C10H12F2N4O2/c1-14-10(17)16(15-13)8-3-2-7(12)6-9(8)18-5-4-11/h2-3,6,13H,4-5H2,1H3,(H,14,17). The van der Waals surface area contributed by atoms with E-state index in [4.69, 9.17) is 10.3 Å². The van der Waals surface area contributed by atoms with Crippen molar-refractivity contribution in [3.05, 3.63) is 24.0 Å². The Morgan fingerprint density at radius 2 is 2.33 bits per heavy atom. The first kappa shape index (κ1) is 13.8. The molecule has 0 bridgehead atoms. The molecule has 18 heavy (non-hydrogen) atoms. The van der Waals surface area contributed by atoms with E-state index in [1.54, 1.807) is 0 Å². The zero-order valence-corrected chi connectivity index (χ0v) is 9.61. The number of carbonyl (C=O) groups is 1. The predicted octanol–water partition coefficient (Wildman–Crippen LogP) is 2.27. The summed E-state index contributed by atoms with van der Waals surface area (Å²) in [7, 11) is 1.35. The summed E-state index contributed by atoms with van der Waals surface area (Å²) in [5.74, 6) is -0.665. The number of amides is 2. The van der Waals surface area contributed by atoms with Crippen molar-refractivity contribution < 1.29 is 18.3 Å². The molecular formula is C10H12F2N4O2. The molecule has 0 heterocycles. The van der Waals surface area contributed by atoms with E-state index >= 15 is 0 Å². The molecule has 6 nitrogen and oxygen atoms in total. The van der Waals surface area contributed by atoms with Gasteiger partial charge in [0.25, 0.3) is 0 Å². The Morgan fingerprint density at radius 3 is 2.89 bits per heavy atom. The number of urea groups is 1. The fourth-order valence-electron chi connectivity index (χ4n) is 1.24. The van der Waals surface area contributed by atoms with Crippen LogP contribution in [0.15, 0.2) is 23.4 Å². The maximum Gasteiger partial charge on any atom is 0.343 e. The average molecular weight is 258 g/mol. The van der Waals surface area contributed by atoms with Gasteiger partial charge in [0.2, 0.25) is 0 Å². The number of hydrogen-bond donors (Lipinski definition) is 2. The molecule has 98 valence electrons. The van der Waals surface area contributed by atoms with Crippen molar-refractivity contribution in [2.75, 3.05) is 25.3 Å². The van der Waals surface area contributed by atoms with Crippen molar-refractivity contribution >= 4 is 11.7 Å². The Bertz CT molecular complexity index is 442. The van der Waals surface area contributed by atoms with Crippen LogP contribution >= 0.6 is 0 Å². The number of rotatable bonds is 5. The molecule has 0 aliphatic carbocycles. The van der Waals surface area contributed by atoms with Crippen molar-refractivity contribution in [1.29, 1.82) is 5.53 Å². The molecule has 0 saturated carbocycles. The second kappa shape index (κ2) is 6.48. The van der Waals surface area contributed by atoms with Crippen molar-refractivity contribution in [3.63, 3.8) is 0 Å². The van der Waals surface area contributed by atoms with E-state index in [0.29, 0.717) is 5.01 Å². The van der Waals surface area contributed by atoms with E-state index in [-0.39, 0.29) is 18.0 Å². The highest BCUT2D eigenvalue weighted by atomic mass is 19.1. The summed E-state index contributed by atoms with van der Waals surface area (Å²) in [5.41, 5.74) is 6.98. The summed E-state index contributed by atoms with van der Waals surface area (Å²) in [4.78, 5) is 11.4. The largest absolute Gasteiger partial charge is 0.488 e. The van der Waals surface area contributed by atoms with Gasteiger partial charge in [-0.3, -0.25) is 0 Å². The number of anilines is 1. The number of halogens is 2. The van der Waals surface area contributed by atoms with Crippen molar-refractivity contribution in [2.45, 2.75) is 0 Å². The van der Waals surface area contributed by atoms with Gasteiger partial charge in [-0.15, -0.1) is 0 Å². The molecule has 0 saturated heterocycles. The number of carbonyl (C=O) groups excluding carboxylic acids is 1. The second-order valence-electron chi connectivity index (χ2n) is 3.12. The SMILES string of the molecule is CNC(=O)N(N=N)c1ccc(F)cc1OCCF. The molecule has 2 N–H and O–H groups in total. The van der Waals surface area contributed by atoms with Gasteiger partial charge in [0, 0.05) is 13.1 Å². The minimum Gasteiger partial charge on any atom is -0.488 e. The van der Waals surface area contributed by atoms with Crippen molar-refractivity contribution in [2.24, 2.45) is 5.22 Å². The van der Waals surface area contributed by atoms with Crippen LogP contribution in [0.25, 0.3) is 0 Å². The van der Waals surface area contributed by atoms with Crippen LogP contribution < -0.4 is 15.1 Å². The molecular weight excluding hydrogens is 246 g/mol. The minimum atomic E-state index is -0.756. The van der Waals surface area contributed by atoms with Crippen LogP contribution in [-0.4, -0.2) is 26.4 Å². The Balaban J connectivity index is 3.11. The van der Waals surface area contributed by atoms with Crippen molar-refractivity contribution in [1.82, 2.24) is 5.32 Å². The molecule has 2 amide bonds. The van der Waals surface area contributed by atoms with Crippen LogP contribution in [0.1, 0.15) is 0 Å². The van der Waals surface area contributed by atoms with Gasteiger partial charge in [-0.1, -0.05) is 5.22 Å². The molecule has 1 aromatic rings. The van der Waals surface area contributed by atoms with Gasteiger partial charge in [0.1, 0.15) is 30.5 Å². The lowest BCUT2D eigenvalue weighted by Crippen LogP contribution is -2.34. The third kappa shape index (κ3) is 3.12. The summed E-state index contributed by atoms with van der Waals surface area (Å²) in [6, 6.07) is 2.60. The molecule has 8 heteroatoms. The molecule has 0 atom stereocenters. The third-order valence-electron chi connectivity index (χ3n) is 1.99. The number of alkyl halides is 1. The first-order chi connectivity index (χ1) is 8.63. The molecule has 0 fully saturated rings. The van der Waals surface area contributed by atoms with Crippen LogP contribution in [0.4, 0.5) is 19.3 Å². The highest BCUT2D eigenvalue weighted by molar-refractivity contribution is 5.92. The van der Waals surface area contributed by atoms with E-state index in [1.165, 1.54) is 13.1 Å². The molecule has 0 radical (unpaired) electrons. The normalized spacial score (nSPS) is 9.72. The number of nitrogens with zero attached hydrogens (tertiary/aromatic N) is 2. The Kier molecular flexibility index (Phi) is 4.97.